The van der Waals surface area contributed by atoms with E-state index in [2.05, 4.69) is 0 Å². The molecule has 1 heterocycles. The van der Waals surface area contributed by atoms with E-state index in [1.165, 1.54) is 6.92 Å². The van der Waals surface area contributed by atoms with Crippen LogP contribution in [0.25, 0.3) is 0 Å². The maximum atomic E-state index is 14.4. The smallest absolute Gasteiger partial charge is 0.421 e. The van der Waals surface area contributed by atoms with Crippen molar-refractivity contribution in [2.75, 3.05) is 11.5 Å². The minimum absolute atomic E-state index is 0.0391. The number of anilines is 1. The SMILES string of the molecule is CCOC(=O)[C@@H]([C@H](C)[N+](=O)[O-])[C@]1([C@@H]2CCCC(=O)C2)C(=O)N(C(=O)OC(C)(C)C)c2ccccc21. The Hall–Kier alpha value is -3.30. The van der Waals surface area contributed by atoms with Crippen LogP contribution in [0.2, 0.25) is 0 Å². The number of hydrogen-bond acceptors (Lipinski definition) is 8. The first-order chi connectivity index (χ1) is 16.4. The maximum Gasteiger partial charge on any atom is 0.421 e. The number of ether oxygens (including phenoxy) is 2. The first kappa shape index (κ1) is 26.3. The second-order valence-corrected chi connectivity index (χ2v) is 10.1. The van der Waals surface area contributed by atoms with E-state index in [0.29, 0.717) is 24.8 Å². The van der Waals surface area contributed by atoms with Crippen LogP contribution < -0.4 is 4.90 Å². The van der Waals surface area contributed by atoms with Crippen molar-refractivity contribution < 1.29 is 33.6 Å². The van der Waals surface area contributed by atoms with Crippen molar-refractivity contribution in [3.05, 3.63) is 39.9 Å². The third kappa shape index (κ3) is 4.66. The van der Waals surface area contributed by atoms with Crippen LogP contribution in [0, 0.1) is 22.0 Å². The van der Waals surface area contributed by atoms with Crippen molar-refractivity contribution in [3.8, 4) is 0 Å². The lowest BCUT2D eigenvalue weighted by atomic mass is 9.57. The molecule has 0 N–H and O–H groups in total. The fraction of sp³-hybridized carbons (Fsp3) is 0.600. The van der Waals surface area contributed by atoms with E-state index >= 15 is 0 Å². The predicted molar refractivity (Wildman–Crippen MR) is 125 cm³/mol. The molecule has 0 aromatic heterocycles. The van der Waals surface area contributed by atoms with Crippen molar-refractivity contribution >= 4 is 29.4 Å². The Morgan fingerprint density at radius 1 is 1.26 bits per heavy atom. The number of benzene rings is 1. The highest BCUT2D eigenvalue weighted by Gasteiger charge is 2.67. The van der Waals surface area contributed by atoms with Gasteiger partial charge in [0.1, 0.15) is 22.7 Å². The molecule has 10 heteroatoms. The average molecular weight is 489 g/mol. The fourth-order valence-electron chi connectivity index (χ4n) is 5.40. The van der Waals surface area contributed by atoms with Crippen molar-refractivity contribution in [1.82, 2.24) is 0 Å². The van der Waals surface area contributed by atoms with Crippen molar-refractivity contribution in [3.63, 3.8) is 0 Å². The normalized spacial score (nSPS) is 23.9. The van der Waals surface area contributed by atoms with Gasteiger partial charge in [-0.1, -0.05) is 18.2 Å². The molecule has 4 atom stereocenters. The first-order valence-corrected chi connectivity index (χ1v) is 11.8. The third-order valence-corrected chi connectivity index (χ3v) is 6.70. The zero-order chi connectivity index (χ0) is 26.1. The van der Waals surface area contributed by atoms with E-state index < -0.39 is 51.8 Å². The molecule has 1 aromatic carbocycles. The van der Waals surface area contributed by atoms with Crippen molar-refractivity contribution in [1.29, 1.82) is 0 Å². The average Bonchev–Trinajstić information content (AvgIpc) is 3.02. The Kier molecular flexibility index (Phi) is 7.33. The van der Waals surface area contributed by atoms with E-state index in [1.54, 1.807) is 52.0 Å². The molecule has 0 saturated heterocycles. The van der Waals surface area contributed by atoms with E-state index in [9.17, 15) is 29.3 Å². The zero-order valence-corrected chi connectivity index (χ0v) is 20.7. The maximum absolute atomic E-state index is 14.4. The van der Waals surface area contributed by atoms with Gasteiger partial charge in [-0.05, 0) is 58.1 Å². The van der Waals surface area contributed by atoms with Gasteiger partial charge in [-0.3, -0.25) is 24.5 Å². The second-order valence-electron chi connectivity index (χ2n) is 10.1. The monoisotopic (exact) mass is 488 g/mol. The molecular weight excluding hydrogens is 456 g/mol. The highest BCUT2D eigenvalue weighted by atomic mass is 16.6. The van der Waals surface area contributed by atoms with Crippen LogP contribution in [-0.4, -0.2) is 46.9 Å². The molecule has 1 fully saturated rings. The molecule has 1 saturated carbocycles. The van der Waals surface area contributed by atoms with Gasteiger partial charge in [0.05, 0.1) is 12.3 Å². The second kappa shape index (κ2) is 9.75. The number of carbonyl (C=O) groups is 4. The van der Waals surface area contributed by atoms with Gasteiger partial charge in [-0.15, -0.1) is 0 Å². The summed E-state index contributed by atoms with van der Waals surface area (Å²) in [6.07, 6.45) is 0.190. The van der Waals surface area contributed by atoms with Crippen LogP contribution in [0.3, 0.4) is 0 Å². The number of Topliss-reactive ketones (excluding diaryl/α,β-unsaturated/α-hetero) is 1. The van der Waals surface area contributed by atoms with Crippen molar-refractivity contribution in [2.24, 2.45) is 11.8 Å². The van der Waals surface area contributed by atoms with E-state index in [1.807, 2.05) is 0 Å². The number of ketones is 1. The molecule has 0 bridgehead atoms. The number of fused-ring (bicyclic) bond motifs is 1. The van der Waals surface area contributed by atoms with Gasteiger partial charge in [0, 0.05) is 24.7 Å². The minimum atomic E-state index is -1.84. The van der Waals surface area contributed by atoms with E-state index in [4.69, 9.17) is 9.47 Å². The Morgan fingerprint density at radius 2 is 1.91 bits per heavy atom. The summed E-state index contributed by atoms with van der Waals surface area (Å²) in [6.45, 7) is 7.73. The summed E-state index contributed by atoms with van der Waals surface area (Å²) in [5, 5.41) is 12.0. The van der Waals surface area contributed by atoms with Gasteiger partial charge >= 0.3 is 12.1 Å². The van der Waals surface area contributed by atoms with Gasteiger partial charge in [-0.2, -0.15) is 0 Å². The number of hydrogen-bond donors (Lipinski definition) is 0. The summed E-state index contributed by atoms with van der Waals surface area (Å²) in [5.74, 6) is -4.11. The summed E-state index contributed by atoms with van der Waals surface area (Å²) < 4.78 is 10.8. The molecule has 0 unspecified atom stereocenters. The Labute approximate surface area is 204 Å². The third-order valence-electron chi connectivity index (χ3n) is 6.70. The van der Waals surface area contributed by atoms with Crippen LogP contribution in [0.1, 0.15) is 65.9 Å². The number of rotatable bonds is 6. The fourth-order valence-corrected chi connectivity index (χ4v) is 5.40. The number of nitrogens with zero attached hydrogens (tertiary/aromatic N) is 2. The summed E-state index contributed by atoms with van der Waals surface area (Å²) in [7, 11) is 0. The number of imide groups is 1. The molecule has 190 valence electrons. The quantitative estimate of drug-likeness (QED) is 0.335. The molecule has 2 amide bonds. The lowest BCUT2D eigenvalue weighted by Gasteiger charge is -2.42. The zero-order valence-electron chi connectivity index (χ0n) is 20.7. The number of para-hydroxylation sites is 1. The molecule has 10 nitrogen and oxygen atoms in total. The molecule has 1 aromatic rings. The Morgan fingerprint density at radius 3 is 2.49 bits per heavy atom. The minimum Gasteiger partial charge on any atom is -0.466 e. The lowest BCUT2D eigenvalue weighted by Crippen LogP contribution is -2.59. The molecule has 0 radical (unpaired) electrons. The van der Waals surface area contributed by atoms with Gasteiger partial charge in [-0.25, -0.2) is 9.69 Å². The standard InChI is InChI=1S/C25H32N2O8/c1-6-34-21(29)20(15(2)27(32)33)25(16-10-9-11-17(28)14-16)18-12-7-8-13-19(18)26(22(25)30)23(31)35-24(3,4)5/h7-8,12-13,15-16,20H,6,9-11,14H2,1-5H3/t15-,16+,20+,25+/m0/s1. The number of nitro groups is 1. The summed E-state index contributed by atoms with van der Waals surface area (Å²) in [4.78, 5) is 65.8. The van der Waals surface area contributed by atoms with Gasteiger partial charge in [0.15, 0.2) is 0 Å². The molecule has 0 spiro atoms. The molecule has 2 aliphatic rings. The summed E-state index contributed by atoms with van der Waals surface area (Å²) in [5.41, 5.74) is -2.29. The summed E-state index contributed by atoms with van der Waals surface area (Å²) >= 11 is 0. The molecule has 1 aliphatic carbocycles. The largest absolute Gasteiger partial charge is 0.466 e. The lowest BCUT2D eigenvalue weighted by molar-refractivity contribution is -0.527. The topological polar surface area (TPSA) is 133 Å². The van der Waals surface area contributed by atoms with Crippen LogP contribution in [0.5, 0.6) is 0 Å². The molecule has 3 rings (SSSR count). The number of carbonyl (C=O) groups excluding carboxylic acids is 4. The highest BCUT2D eigenvalue weighted by Crippen LogP contribution is 2.55. The van der Waals surface area contributed by atoms with Gasteiger partial charge < -0.3 is 9.47 Å². The van der Waals surface area contributed by atoms with Gasteiger partial charge in [0.25, 0.3) is 0 Å². The molecular formula is C25H32N2O8. The van der Waals surface area contributed by atoms with Crippen molar-refractivity contribution in [2.45, 2.75) is 77.4 Å². The molecule has 35 heavy (non-hydrogen) atoms. The van der Waals surface area contributed by atoms with Crippen LogP contribution in [0.4, 0.5) is 10.5 Å². The van der Waals surface area contributed by atoms with Crippen LogP contribution in [0.15, 0.2) is 24.3 Å². The Bertz CT molecular complexity index is 1050. The number of esters is 1. The molecule has 1 aliphatic heterocycles. The highest BCUT2D eigenvalue weighted by molar-refractivity contribution is 6.22. The number of amides is 2. The van der Waals surface area contributed by atoms with Crippen LogP contribution in [-0.2, 0) is 29.3 Å². The van der Waals surface area contributed by atoms with Gasteiger partial charge in [0.2, 0.25) is 11.9 Å². The Balaban J connectivity index is 2.33. The predicted octanol–water partition coefficient (Wildman–Crippen LogP) is 3.81. The first-order valence-electron chi connectivity index (χ1n) is 11.8. The summed E-state index contributed by atoms with van der Waals surface area (Å²) in [6, 6.07) is 4.88. The van der Waals surface area contributed by atoms with Crippen LogP contribution >= 0.6 is 0 Å². The van der Waals surface area contributed by atoms with E-state index in [0.717, 1.165) is 4.90 Å². The van der Waals surface area contributed by atoms with E-state index in [-0.39, 0.29) is 24.5 Å².